The molecule has 1 atom stereocenters. The van der Waals surface area contributed by atoms with Crippen LogP contribution in [0.2, 0.25) is 0 Å². The van der Waals surface area contributed by atoms with Gasteiger partial charge in [0.2, 0.25) is 5.91 Å². The van der Waals surface area contributed by atoms with Crippen LogP contribution in [0.3, 0.4) is 0 Å². The largest absolute Gasteiger partial charge is 0.493 e. The molecule has 0 aromatic heterocycles. The Morgan fingerprint density at radius 1 is 1.35 bits per heavy atom. The molecular formula is C14H19F2NO3. The number of hydrogen-bond acceptors (Lipinski definition) is 3. The maximum absolute atomic E-state index is 12.3. The topological polar surface area (TPSA) is 47.6 Å². The fourth-order valence-corrected chi connectivity index (χ4v) is 1.77. The van der Waals surface area contributed by atoms with E-state index in [-0.39, 0.29) is 23.3 Å². The highest BCUT2D eigenvalue weighted by molar-refractivity contribution is 5.92. The van der Waals surface area contributed by atoms with Gasteiger partial charge in [-0.05, 0) is 18.6 Å². The first-order valence-electron chi connectivity index (χ1n) is 6.41. The monoisotopic (exact) mass is 287 g/mol. The third kappa shape index (κ3) is 4.68. The van der Waals surface area contributed by atoms with Crippen LogP contribution in [0.25, 0.3) is 0 Å². The predicted molar refractivity (Wildman–Crippen MR) is 72.3 cm³/mol. The number of hydrogen-bond donors (Lipinski definition) is 1. The molecule has 0 heterocycles. The van der Waals surface area contributed by atoms with Gasteiger partial charge in [-0.3, -0.25) is 4.79 Å². The zero-order valence-electron chi connectivity index (χ0n) is 11.8. The number of carbonyl (C=O) groups is 1. The highest BCUT2D eigenvalue weighted by atomic mass is 19.3. The number of ether oxygens (including phenoxy) is 2. The Balaban J connectivity index is 2.83. The van der Waals surface area contributed by atoms with E-state index in [1.54, 1.807) is 6.07 Å². The quantitative estimate of drug-likeness (QED) is 0.832. The van der Waals surface area contributed by atoms with Crippen molar-refractivity contribution >= 4 is 11.6 Å². The fraction of sp³-hybridized carbons (Fsp3) is 0.500. The van der Waals surface area contributed by atoms with Crippen molar-refractivity contribution in [3.63, 3.8) is 0 Å². The van der Waals surface area contributed by atoms with Crippen molar-refractivity contribution in [2.45, 2.75) is 33.3 Å². The van der Waals surface area contributed by atoms with Gasteiger partial charge in [-0.25, -0.2) is 0 Å². The van der Waals surface area contributed by atoms with Gasteiger partial charge in [0.15, 0.2) is 11.5 Å². The summed E-state index contributed by atoms with van der Waals surface area (Å²) < 4.78 is 33.9. The van der Waals surface area contributed by atoms with Crippen molar-refractivity contribution in [1.82, 2.24) is 0 Å². The summed E-state index contributed by atoms with van der Waals surface area (Å²) in [5, 5.41) is 2.67. The lowest BCUT2D eigenvalue weighted by atomic mass is 10.1. The molecule has 6 heteroatoms. The Morgan fingerprint density at radius 2 is 2.05 bits per heavy atom. The van der Waals surface area contributed by atoms with Gasteiger partial charge in [-0.15, -0.1) is 0 Å². The summed E-state index contributed by atoms with van der Waals surface area (Å²) in [5.74, 6) is -0.213. The number of nitrogens with one attached hydrogen (secondary N) is 1. The molecule has 0 aliphatic carbocycles. The van der Waals surface area contributed by atoms with Gasteiger partial charge in [-0.2, -0.15) is 8.78 Å². The molecule has 1 aromatic carbocycles. The molecule has 0 spiro atoms. The Kier molecular flexibility index (Phi) is 6.21. The van der Waals surface area contributed by atoms with Crippen LogP contribution < -0.4 is 14.8 Å². The molecule has 0 radical (unpaired) electrons. The fourth-order valence-electron chi connectivity index (χ4n) is 1.77. The van der Waals surface area contributed by atoms with E-state index >= 15 is 0 Å². The third-order valence-electron chi connectivity index (χ3n) is 2.82. The molecule has 0 bridgehead atoms. The van der Waals surface area contributed by atoms with Gasteiger partial charge in [-0.1, -0.05) is 20.3 Å². The summed E-state index contributed by atoms with van der Waals surface area (Å²) in [6, 6.07) is 4.37. The number of methoxy groups -OCH3 is 1. The van der Waals surface area contributed by atoms with Gasteiger partial charge in [0.25, 0.3) is 0 Å². The van der Waals surface area contributed by atoms with Crippen LogP contribution in [0.5, 0.6) is 11.5 Å². The van der Waals surface area contributed by atoms with Crippen molar-refractivity contribution < 1.29 is 23.0 Å². The lowest BCUT2D eigenvalue weighted by molar-refractivity contribution is -0.119. The molecule has 1 unspecified atom stereocenters. The van der Waals surface area contributed by atoms with Crippen molar-refractivity contribution in [1.29, 1.82) is 0 Å². The maximum Gasteiger partial charge on any atom is 0.387 e. The highest BCUT2D eigenvalue weighted by Crippen LogP contribution is 2.31. The molecule has 4 nitrogen and oxygen atoms in total. The van der Waals surface area contributed by atoms with E-state index in [1.165, 1.54) is 19.2 Å². The Labute approximate surface area is 117 Å². The summed E-state index contributed by atoms with van der Waals surface area (Å²) in [6.45, 7) is 0.860. The van der Waals surface area contributed by atoms with Crippen molar-refractivity contribution in [2.24, 2.45) is 5.92 Å². The number of benzene rings is 1. The lowest BCUT2D eigenvalue weighted by Crippen LogP contribution is -2.20. The second kappa shape index (κ2) is 7.67. The van der Waals surface area contributed by atoms with Gasteiger partial charge >= 0.3 is 6.61 Å². The van der Waals surface area contributed by atoms with E-state index in [0.29, 0.717) is 5.69 Å². The minimum atomic E-state index is -2.95. The van der Waals surface area contributed by atoms with Crippen LogP contribution in [0, 0.1) is 5.92 Å². The molecule has 0 fully saturated rings. The molecule has 1 N–H and O–H groups in total. The first-order valence-corrected chi connectivity index (χ1v) is 6.41. The van der Waals surface area contributed by atoms with Crippen molar-refractivity contribution in [3.8, 4) is 11.5 Å². The molecule has 20 heavy (non-hydrogen) atoms. The predicted octanol–water partition coefficient (Wildman–Crippen LogP) is 3.67. The van der Waals surface area contributed by atoms with Gasteiger partial charge in [0.1, 0.15) is 0 Å². The number of carbonyl (C=O) groups excluding carboxylic acids is 1. The molecule has 1 aromatic rings. The summed E-state index contributed by atoms with van der Waals surface area (Å²) in [6.07, 6.45) is 1.67. The van der Waals surface area contributed by atoms with Crippen LogP contribution in [-0.4, -0.2) is 19.6 Å². The third-order valence-corrected chi connectivity index (χ3v) is 2.82. The zero-order chi connectivity index (χ0) is 15.1. The summed E-state index contributed by atoms with van der Waals surface area (Å²) >= 11 is 0. The lowest BCUT2D eigenvalue weighted by Gasteiger charge is -2.14. The molecule has 0 aliphatic rings. The normalized spacial score (nSPS) is 12.1. The molecular weight excluding hydrogens is 268 g/mol. The standard InChI is InChI=1S/C14H19F2NO3/c1-4-5-9(2)13(18)17-10-6-7-11(19-3)12(8-10)20-14(15)16/h6-9,14H,4-5H2,1-3H3,(H,17,18). The number of amides is 1. The second-order valence-corrected chi connectivity index (χ2v) is 4.42. The van der Waals surface area contributed by atoms with Crippen LogP contribution in [0.4, 0.5) is 14.5 Å². The van der Waals surface area contributed by atoms with E-state index in [9.17, 15) is 13.6 Å². The van der Waals surface area contributed by atoms with Gasteiger partial charge in [0.05, 0.1) is 7.11 Å². The Morgan fingerprint density at radius 3 is 2.60 bits per heavy atom. The smallest absolute Gasteiger partial charge is 0.387 e. The SMILES string of the molecule is CCCC(C)C(=O)Nc1ccc(OC)c(OC(F)F)c1. The van der Waals surface area contributed by atoms with Crippen LogP contribution >= 0.6 is 0 Å². The summed E-state index contributed by atoms with van der Waals surface area (Å²) in [4.78, 5) is 11.9. The summed E-state index contributed by atoms with van der Waals surface area (Å²) in [5.41, 5.74) is 0.398. The first-order chi connectivity index (χ1) is 9.47. The number of anilines is 1. The number of alkyl halides is 2. The molecule has 1 amide bonds. The maximum atomic E-state index is 12.3. The first kappa shape index (κ1) is 16.2. The molecule has 0 aliphatic heterocycles. The molecule has 112 valence electrons. The average molecular weight is 287 g/mol. The van der Waals surface area contributed by atoms with E-state index < -0.39 is 6.61 Å². The van der Waals surface area contributed by atoms with E-state index in [1.807, 2.05) is 13.8 Å². The Bertz CT molecular complexity index is 452. The van der Waals surface area contributed by atoms with Gasteiger partial charge < -0.3 is 14.8 Å². The molecule has 0 saturated heterocycles. The molecule has 0 saturated carbocycles. The highest BCUT2D eigenvalue weighted by Gasteiger charge is 2.15. The van der Waals surface area contributed by atoms with Crippen LogP contribution in [0.15, 0.2) is 18.2 Å². The Hall–Kier alpha value is -1.85. The van der Waals surface area contributed by atoms with Gasteiger partial charge in [0, 0.05) is 17.7 Å². The van der Waals surface area contributed by atoms with Crippen LogP contribution in [0.1, 0.15) is 26.7 Å². The van der Waals surface area contributed by atoms with Crippen molar-refractivity contribution in [2.75, 3.05) is 12.4 Å². The number of rotatable bonds is 7. The van der Waals surface area contributed by atoms with E-state index in [2.05, 4.69) is 10.1 Å². The number of halogens is 2. The second-order valence-electron chi connectivity index (χ2n) is 4.42. The zero-order valence-corrected chi connectivity index (χ0v) is 11.8. The average Bonchev–Trinajstić information content (AvgIpc) is 2.38. The van der Waals surface area contributed by atoms with E-state index in [0.717, 1.165) is 12.8 Å². The van der Waals surface area contributed by atoms with E-state index in [4.69, 9.17) is 4.74 Å². The van der Waals surface area contributed by atoms with Crippen molar-refractivity contribution in [3.05, 3.63) is 18.2 Å². The van der Waals surface area contributed by atoms with Crippen LogP contribution in [-0.2, 0) is 4.79 Å². The molecule has 1 rings (SSSR count). The summed E-state index contributed by atoms with van der Waals surface area (Å²) in [7, 11) is 1.36. The minimum absolute atomic E-state index is 0.108. The minimum Gasteiger partial charge on any atom is -0.493 e.